The number of ether oxygens (including phenoxy) is 1. The molecule has 1 saturated heterocycles. The molecule has 1 aliphatic rings. The largest absolute Gasteiger partial charge is 0.452 e. The normalized spacial score (nSPS) is 20.0. The Bertz CT molecular complexity index is 766. The quantitative estimate of drug-likeness (QED) is 0.731. The van der Waals surface area contributed by atoms with Crippen LogP contribution in [0.15, 0.2) is 18.2 Å². The number of sulfone groups is 1. The summed E-state index contributed by atoms with van der Waals surface area (Å²) in [6.07, 6.45) is -0.413. The van der Waals surface area contributed by atoms with Crippen molar-refractivity contribution in [2.45, 2.75) is 31.6 Å². The smallest absolute Gasteiger partial charge is 0.316 e. The Morgan fingerprint density at radius 1 is 1.44 bits per heavy atom. The Balaban J connectivity index is 1.80. The van der Waals surface area contributed by atoms with Crippen LogP contribution in [0.1, 0.15) is 18.9 Å². The maximum atomic E-state index is 12.1. The van der Waals surface area contributed by atoms with Crippen molar-refractivity contribution in [3.8, 4) is 0 Å². The molecule has 0 aliphatic carbocycles. The lowest BCUT2D eigenvalue weighted by atomic mass is 10.2. The van der Waals surface area contributed by atoms with E-state index >= 15 is 0 Å². The molecule has 2 rings (SSSR count). The number of carbonyl (C=O) groups excluding carboxylic acids is 2. The highest BCUT2D eigenvalue weighted by molar-refractivity contribution is 8.02. The molecule has 0 radical (unpaired) electrons. The van der Waals surface area contributed by atoms with Gasteiger partial charge in [0, 0.05) is 16.0 Å². The summed E-state index contributed by atoms with van der Waals surface area (Å²) >= 11 is 7.16. The van der Waals surface area contributed by atoms with Gasteiger partial charge in [0.1, 0.15) is 0 Å². The molecule has 0 spiro atoms. The number of aryl methyl sites for hydroxylation is 1. The SMILES string of the molecule is Cc1ccc(Cl)cc1NC(=O)[C@@H](C)OC(=O)CS[C@H]1CCS(=O)(=O)C1. The van der Waals surface area contributed by atoms with E-state index in [9.17, 15) is 18.0 Å². The summed E-state index contributed by atoms with van der Waals surface area (Å²) in [4.78, 5) is 24.0. The summed E-state index contributed by atoms with van der Waals surface area (Å²) in [7, 11) is -2.97. The van der Waals surface area contributed by atoms with Gasteiger partial charge in [0.15, 0.2) is 15.9 Å². The van der Waals surface area contributed by atoms with Crippen LogP contribution in [0.25, 0.3) is 0 Å². The first kappa shape index (κ1) is 20.1. The van der Waals surface area contributed by atoms with Crippen LogP contribution >= 0.6 is 23.4 Å². The van der Waals surface area contributed by atoms with Crippen molar-refractivity contribution in [2.24, 2.45) is 0 Å². The van der Waals surface area contributed by atoms with Gasteiger partial charge in [0.25, 0.3) is 5.91 Å². The van der Waals surface area contributed by atoms with Crippen LogP contribution in [0.2, 0.25) is 5.02 Å². The molecular weight excluding hydrogens is 386 g/mol. The molecule has 1 aromatic rings. The average Bonchev–Trinajstić information content (AvgIpc) is 2.88. The third kappa shape index (κ3) is 6.20. The number of halogens is 1. The summed E-state index contributed by atoms with van der Waals surface area (Å²) in [5, 5.41) is 3.08. The maximum absolute atomic E-state index is 12.1. The van der Waals surface area contributed by atoms with E-state index in [1.807, 2.05) is 6.92 Å². The second-order valence-corrected chi connectivity index (χ2v) is 9.87. The van der Waals surface area contributed by atoms with Gasteiger partial charge in [-0.2, -0.15) is 0 Å². The second kappa shape index (κ2) is 8.42. The van der Waals surface area contributed by atoms with E-state index < -0.39 is 27.8 Å². The van der Waals surface area contributed by atoms with Gasteiger partial charge in [0.05, 0.1) is 17.3 Å². The minimum Gasteiger partial charge on any atom is -0.452 e. The molecule has 1 aliphatic heterocycles. The number of esters is 1. The molecule has 1 amide bonds. The van der Waals surface area contributed by atoms with Crippen LogP contribution in [0.4, 0.5) is 5.69 Å². The highest BCUT2D eigenvalue weighted by Crippen LogP contribution is 2.24. The van der Waals surface area contributed by atoms with Crippen molar-refractivity contribution in [3.63, 3.8) is 0 Å². The zero-order chi connectivity index (χ0) is 18.6. The average molecular weight is 406 g/mol. The summed E-state index contributed by atoms with van der Waals surface area (Å²) in [5.41, 5.74) is 1.40. The lowest BCUT2D eigenvalue weighted by molar-refractivity contribution is -0.150. The van der Waals surface area contributed by atoms with E-state index in [1.165, 1.54) is 18.7 Å². The predicted octanol–water partition coefficient (Wildman–Crippen LogP) is 2.44. The zero-order valence-electron chi connectivity index (χ0n) is 14.0. The lowest BCUT2D eigenvalue weighted by Crippen LogP contribution is -2.31. The van der Waals surface area contributed by atoms with E-state index in [0.29, 0.717) is 17.1 Å². The number of benzene rings is 1. The predicted molar refractivity (Wildman–Crippen MR) is 99.9 cm³/mol. The van der Waals surface area contributed by atoms with Gasteiger partial charge in [-0.05, 0) is 38.0 Å². The molecular formula is C16H20ClNO5S2. The fourth-order valence-electron chi connectivity index (χ4n) is 2.33. The van der Waals surface area contributed by atoms with Crippen LogP contribution < -0.4 is 5.32 Å². The number of nitrogens with one attached hydrogen (secondary N) is 1. The number of rotatable bonds is 6. The molecule has 25 heavy (non-hydrogen) atoms. The summed E-state index contributed by atoms with van der Waals surface area (Å²) in [5.74, 6) is -0.715. The molecule has 0 aromatic heterocycles. The van der Waals surface area contributed by atoms with Gasteiger partial charge in [0.2, 0.25) is 0 Å². The molecule has 9 heteroatoms. The first-order valence-electron chi connectivity index (χ1n) is 7.75. The standard InChI is InChI=1S/C16H20ClNO5S2/c1-10-3-4-12(17)7-14(10)18-16(20)11(2)23-15(19)8-24-13-5-6-25(21,22)9-13/h3-4,7,11,13H,5-6,8-9H2,1-2H3,(H,18,20)/t11-,13+/m1/s1. The monoisotopic (exact) mass is 405 g/mol. The van der Waals surface area contributed by atoms with E-state index in [4.69, 9.17) is 16.3 Å². The summed E-state index contributed by atoms with van der Waals surface area (Å²) in [6.45, 7) is 3.31. The molecule has 2 atom stereocenters. The molecule has 138 valence electrons. The lowest BCUT2D eigenvalue weighted by Gasteiger charge is -2.15. The van der Waals surface area contributed by atoms with Crippen LogP contribution in [-0.4, -0.2) is 48.9 Å². The highest BCUT2D eigenvalue weighted by Gasteiger charge is 2.29. The number of hydrogen-bond acceptors (Lipinski definition) is 6. The molecule has 6 nitrogen and oxygen atoms in total. The van der Waals surface area contributed by atoms with Gasteiger partial charge in [-0.1, -0.05) is 17.7 Å². The second-order valence-electron chi connectivity index (χ2n) is 5.92. The van der Waals surface area contributed by atoms with Gasteiger partial charge >= 0.3 is 5.97 Å². The first-order chi connectivity index (χ1) is 11.7. The summed E-state index contributed by atoms with van der Waals surface area (Å²) < 4.78 is 27.9. The van der Waals surface area contributed by atoms with Crippen LogP contribution in [0, 0.1) is 6.92 Å². The van der Waals surface area contributed by atoms with Crippen LogP contribution in [-0.2, 0) is 24.2 Å². The van der Waals surface area contributed by atoms with Gasteiger partial charge in [-0.15, -0.1) is 11.8 Å². The van der Waals surface area contributed by atoms with Gasteiger partial charge in [-0.25, -0.2) is 8.42 Å². The Hall–Kier alpha value is -1.25. The number of hydrogen-bond donors (Lipinski definition) is 1. The van der Waals surface area contributed by atoms with Gasteiger partial charge in [-0.3, -0.25) is 9.59 Å². The van der Waals surface area contributed by atoms with E-state index in [-0.39, 0.29) is 22.5 Å². The molecule has 1 fully saturated rings. The Morgan fingerprint density at radius 3 is 2.80 bits per heavy atom. The van der Waals surface area contributed by atoms with E-state index in [2.05, 4.69) is 5.32 Å². The molecule has 0 unspecified atom stereocenters. The van der Waals surface area contributed by atoms with Crippen molar-refractivity contribution in [3.05, 3.63) is 28.8 Å². The van der Waals surface area contributed by atoms with Gasteiger partial charge < -0.3 is 10.1 Å². The fourth-order valence-corrected chi connectivity index (χ4v) is 5.92. The zero-order valence-corrected chi connectivity index (χ0v) is 16.3. The van der Waals surface area contributed by atoms with Crippen LogP contribution in [0.5, 0.6) is 0 Å². The Kier molecular flexibility index (Phi) is 6.76. The topological polar surface area (TPSA) is 89.5 Å². The first-order valence-corrected chi connectivity index (χ1v) is 11.0. The van der Waals surface area contributed by atoms with Crippen molar-refractivity contribution in [1.82, 2.24) is 0 Å². The third-order valence-corrected chi connectivity index (χ3v) is 7.25. The Labute approximate surface area is 156 Å². The maximum Gasteiger partial charge on any atom is 0.316 e. The Morgan fingerprint density at radius 2 is 2.16 bits per heavy atom. The third-order valence-electron chi connectivity index (χ3n) is 3.76. The van der Waals surface area contributed by atoms with Crippen molar-refractivity contribution in [1.29, 1.82) is 0 Å². The van der Waals surface area contributed by atoms with Crippen molar-refractivity contribution < 1.29 is 22.7 Å². The number of carbonyl (C=O) groups is 2. The van der Waals surface area contributed by atoms with Crippen LogP contribution in [0.3, 0.4) is 0 Å². The molecule has 1 N–H and O–H groups in total. The molecule has 1 aromatic carbocycles. The molecule has 0 bridgehead atoms. The van der Waals surface area contributed by atoms with E-state index in [0.717, 1.165) is 5.56 Å². The minimum atomic E-state index is -2.97. The fraction of sp³-hybridized carbons (Fsp3) is 0.500. The van der Waals surface area contributed by atoms with E-state index in [1.54, 1.807) is 18.2 Å². The molecule has 1 heterocycles. The number of thioether (sulfide) groups is 1. The number of amides is 1. The number of anilines is 1. The highest BCUT2D eigenvalue weighted by atomic mass is 35.5. The minimum absolute atomic E-state index is 0.0218. The van der Waals surface area contributed by atoms with Crippen molar-refractivity contribution in [2.75, 3.05) is 22.6 Å². The van der Waals surface area contributed by atoms with Crippen molar-refractivity contribution >= 4 is 50.8 Å². The molecule has 0 saturated carbocycles. The summed E-state index contributed by atoms with van der Waals surface area (Å²) in [6, 6.07) is 5.12.